The van der Waals surface area contributed by atoms with Crippen LogP contribution in [0.15, 0.2) is 72.0 Å². The first kappa shape index (κ1) is 29.1. The van der Waals surface area contributed by atoms with E-state index in [1.165, 1.54) is 17.3 Å². The van der Waals surface area contributed by atoms with Crippen LogP contribution in [0.3, 0.4) is 0 Å². The molecule has 0 radical (unpaired) electrons. The van der Waals surface area contributed by atoms with Gasteiger partial charge in [-0.2, -0.15) is 10.2 Å². The summed E-state index contributed by atoms with van der Waals surface area (Å²) in [5, 5.41) is 15.0. The average molecular weight is 565 g/mol. The van der Waals surface area contributed by atoms with E-state index < -0.39 is 0 Å². The molecule has 1 N–H and O–H groups in total. The minimum atomic E-state index is -0.212. The van der Waals surface area contributed by atoms with E-state index in [-0.39, 0.29) is 24.4 Å². The van der Waals surface area contributed by atoms with E-state index >= 15 is 0 Å². The van der Waals surface area contributed by atoms with Gasteiger partial charge in [-0.15, -0.1) is 0 Å². The summed E-state index contributed by atoms with van der Waals surface area (Å²) in [5.41, 5.74) is 4.82. The Morgan fingerprint density at radius 2 is 1.55 bits per heavy atom. The van der Waals surface area contributed by atoms with E-state index in [0.29, 0.717) is 35.8 Å². The second-order valence-electron chi connectivity index (χ2n) is 11.3. The number of carbonyl (C=O) groups excluding carboxylic acids is 2. The number of pyridine rings is 1. The molecule has 3 heterocycles. The number of aromatic nitrogens is 1. The quantitative estimate of drug-likeness (QED) is 0.376. The van der Waals surface area contributed by atoms with Crippen molar-refractivity contribution in [2.75, 3.05) is 26.2 Å². The van der Waals surface area contributed by atoms with Crippen LogP contribution in [0.5, 0.6) is 0 Å². The first-order chi connectivity index (χ1) is 20.5. The fourth-order valence-electron chi connectivity index (χ4n) is 5.80. The van der Waals surface area contributed by atoms with Gasteiger partial charge in [0.05, 0.1) is 17.2 Å². The number of nitrogens with one attached hydrogen (secondary N) is 1. The summed E-state index contributed by atoms with van der Waals surface area (Å²) in [6, 6.07) is 21.3. The van der Waals surface area contributed by atoms with Gasteiger partial charge in [-0.3, -0.25) is 19.5 Å². The highest BCUT2D eigenvalue weighted by Crippen LogP contribution is 2.23. The second kappa shape index (κ2) is 14.0. The zero-order valence-corrected chi connectivity index (χ0v) is 23.7. The summed E-state index contributed by atoms with van der Waals surface area (Å²) < 4.78 is 0. The van der Waals surface area contributed by atoms with Crippen molar-refractivity contribution in [2.24, 2.45) is 11.1 Å². The summed E-state index contributed by atoms with van der Waals surface area (Å²) in [6.07, 6.45) is 6.06. The third kappa shape index (κ3) is 7.65. The number of carbonyl (C=O) groups is 2. The fourth-order valence-corrected chi connectivity index (χ4v) is 5.80. The molecule has 5 rings (SSSR count). The highest BCUT2D eigenvalue weighted by Gasteiger charge is 2.25. The molecule has 0 bridgehead atoms. The Balaban J connectivity index is 1.04. The summed E-state index contributed by atoms with van der Waals surface area (Å²) in [5.74, 6) is 0.250. The molecule has 2 aliphatic rings. The Labute approximate surface area is 246 Å². The average Bonchev–Trinajstić information content (AvgIpc) is 3.03. The lowest BCUT2D eigenvalue weighted by atomic mass is 9.89. The van der Waals surface area contributed by atoms with Gasteiger partial charge in [0.15, 0.2) is 0 Å². The van der Waals surface area contributed by atoms with E-state index in [1.807, 2.05) is 41.3 Å². The van der Waals surface area contributed by atoms with Crippen molar-refractivity contribution in [1.82, 2.24) is 20.1 Å². The zero-order chi connectivity index (χ0) is 29.3. The summed E-state index contributed by atoms with van der Waals surface area (Å²) in [4.78, 5) is 44.9. The van der Waals surface area contributed by atoms with Crippen LogP contribution in [0.25, 0.3) is 0 Å². The number of nitriles is 1. The van der Waals surface area contributed by atoms with Gasteiger partial charge in [0.2, 0.25) is 0 Å². The molecule has 2 saturated heterocycles. The number of hydrogen-bond acceptors (Lipinski definition) is 7. The van der Waals surface area contributed by atoms with Crippen molar-refractivity contribution in [3.05, 3.63) is 105 Å². The SMILES string of the molecule is N#Cc1ccc(CN2CCC(NC(=O)c3ccc(C(=O)N4CCC(Cc5ccc(CN=O)cc5)CC4)cn3)CC2)cc1. The van der Waals surface area contributed by atoms with Gasteiger partial charge in [-0.25, -0.2) is 0 Å². The molecule has 42 heavy (non-hydrogen) atoms. The lowest BCUT2D eigenvalue weighted by Gasteiger charge is -2.32. The van der Waals surface area contributed by atoms with Gasteiger partial charge in [-0.1, -0.05) is 41.6 Å². The molecule has 0 unspecified atom stereocenters. The van der Waals surface area contributed by atoms with E-state index in [0.717, 1.165) is 57.3 Å². The second-order valence-corrected chi connectivity index (χ2v) is 11.3. The standard InChI is InChI=1S/C33H36N6O3/c34-20-26-3-7-28(8-4-26)23-38-15-13-30(14-16-38)37-32(40)31-10-9-29(22-35-31)33(41)39-17-11-25(12-18-39)19-24-1-5-27(6-2-24)21-36-42/h1-10,22,25,30H,11-19,21,23H2,(H,37,40). The van der Waals surface area contributed by atoms with E-state index in [9.17, 15) is 14.5 Å². The third-order valence-electron chi connectivity index (χ3n) is 8.35. The van der Waals surface area contributed by atoms with Crippen LogP contribution >= 0.6 is 0 Å². The number of nitroso groups, excluding NO2 is 1. The van der Waals surface area contributed by atoms with Gasteiger partial charge >= 0.3 is 0 Å². The predicted molar refractivity (Wildman–Crippen MR) is 159 cm³/mol. The predicted octanol–water partition coefficient (Wildman–Crippen LogP) is 4.71. The Morgan fingerprint density at radius 1 is 0.881 bits per heavy atom. The van der Waals surface area contributed by atoms with Gasteiger partial charge in [-0.05, 0) is 79.0 Å². The maximum atomic E-state index is 13.1. The van der Waals surface area contributed by atoms with Crippen molar-refractivity contribution in [3.8, 4) is 6.07 Å². The normalized spacial score (nSPS) is 16.5. The van der Waals surface area contributed by atoms with E-state index in [2.05, 4.69) is 38.6 Å². The highest BCUT2D eigenvalue weighted by atomic mass is 16.3. The number of rotatable bonds is 9. The molecule has 2 amide bonds. The van der Waals surface area contributed by atoms with Crippen molar-refractivity contribution >= 4 is 11.8 Å². The van der Waals surface area contributed by atoms with Crippen molar-refractivity contribution in [2.45, 2.75) is 51.2 Å². The maximum Gasteiger partial charge on any atom is 0.270 e. The molecule has 2 aromatic carbocycles. The third-order valence-corrected chi connectivity index (χ3v) is 8.35. The minimum absolute atomic E-state index is 0.0479. The van der Waals surface area contributed by atoms with Crippen molar-refractivity contribution < 1.29 is 9.59 Å². The minimum Gasteiger partial charge on any atom is -0.348 e. The molecule has 0 saturated carbocycles. The lowest BCUT2D eigenvalue weighted by molar-refractivity contribution is 0.0689. The molecule has 3 aromatic rings. The largest absolute Gasteiger partial charge is 0.348 e. The van der Waals surface area contributed by atoms with Crippen molar-refractivity contribution in [1.29, 1.82) is 5.26 Å². The smallest absolute Gasteiger partial charge is 0.270 e. The molecule has 2 aliphatic heterocycles. The zero-order valence-electron chi connectivity index (χ0n) is 23.7. The van der Waals surface area contributed by atoms with Crippen LogP contribution in [0.1, 0.15) is 68.8 Å². The highest BCUT2D eigenvalue weighted by molar-refractivity contribution is 5.96. The molecular weight excluding hydrogens is 528 g/mol. The molecule has 9 nitrogen and oxygen atoms in total. The van der Waals surface area contributed by atoms with Gasteiger partial charge in [0, 0.05) is 45.0 Å². The molecule has 2 fully saturated rings. The van der Waals surface area contributed by atoms with Crippen molar-refractivity contribution in [3.63, 3.8) is 0 Å². The first-order valence-electron chi connectivity index (χ1n) is 14.6. The first-order valence-corrected chi connectivity index (χ1v) is 14.6. The van der Waals surface area contributed by atoms with Crippen LogP contribution in [-0.4, -0.2) is 58.8 Å². The number of hydrogen-bond donors (Lipinski definition) is 1. The van der Waals surface area contributed by atoms with Gasteiger partial charge in [0.25, 0.3) is 11.8 Å². The van der Waals surface area contributed by atoms with Crippen LogP contribution < -0.4 is 5.32 Å². The lowest BCUT2D eigenvalue weighted by Crippen LogP contribution is -2.44. The van der Waals surface area contributed by atoms with Crippen LogP contribution in [-0.2, 0) is 19.5 Å². The molecule has 0 spiro atoms. The van der Waals surface area contributed by atoms with Crippen LogP contribution in [0.2, 0.25) is 0 Å². The molecule has 216 valence electrons. The number of nitrogens with zero attached hydrogens (tertiary/aromatic N) is 5. The topological polar surface area (TPSA) is 119 Å². The Morgan fingerprint density at radius 3 is 2.17 bits per heavy atom. The Bertz CT molecular complexity index is 1400. The summed E-state index contributed by atoms with van der Waals surface area (Å²) >= 11 is 0. The fraction of sp³-hybridized carbons (Fsp3) is 0.394. The summed E-state index contributed by atoms with van der Waals surface area (Å²) in [6.45, 7) is 4.19. The maximum absolute atomic E-state index is 13.1. The monoisotopic (exact) mass is 564 g/mol. The molecule has 0 atom stereocenters. The number of amides is 2. The Kier molecular flexibility index (Phi) is 9.67. The molecule has 1 aromatic heterocycles. The summed E-state index contributed by atoms with van der Waals surface area (Å²) in [7, 11) is 0. The Hall–Kier alpha value is -4.42. The number of likely N-dealkylation sites (tertiary alicyclic amines) is 2. The molecule has 9 heteroatoms. The molecular formula is C33H36N6O3. The van der Waals surface area contributed by atoms with Gasteiger partial charge in [0.1, 0.15) is 12.2 Å². The van der Waals surface area contributed by atoms with Crippen LogP contribution in [0.4, 0.5) is 0 Å². The van der Waals surface area contributed by atoms with E-state index in [1.54, 1.807) is 12.1 Å². The number of piperidine rings is 2. The molecule has 0 aliphatic carbocycles. The number of benzene rings is 2. The van der Waals surface area contributed by atoms with E-state index in [4.69, 9.17) is 5.26 Å². The van der Waals surface area contributed by atoms with Crippen LogP contribution in [0, 0.1) is 22.2 Å². The van der Waals surface area contributed by atoms with Gasteiger partial charge < -0.3 is 10.2 Å².